The highest BCUT2D eigenvalue weighted by molar-refractivity contribution is 5.79. The Kier molecular flexibility index (Phi) is 6.86. The summed E-state index contributed by atoms with van der Waals surface area (Å²) in [6, 6.07) is 8.61. The smallest absolute Gasteiger partial charge is 0.191 e. The Bertz CT molecular complexity index is 493. The fourth-order valence-electron chi connectivity index (χ4n) is 2.88. The Morgan fingerprint density at radius 1 is 1.30 bits per heavy atom. The Hall–Kier alpha value is -1.59. The van der Waals surface area contributed by atoms with Crippen LogP contribution in [0.4, 0.5) is 0 Å². The molecule has 0 aliphatic carbocycles. The van der Waals surface area contributed by atoms with Crippen molar-refractivity contribution in [2.24, 2.45) is 10.4 Å². The van der Waals surface area contributed by atoms with Gasteiger partial charge in [-0.25, -0.2) is 0 Å². The van der Waals surface area contributed by atoms with Crippen molar-refractivity contribution in [3.8, 4) is 0 Å². The Balaban J connectivity index is 1.75. The predicted octanol–water partition coefficient (Wildman–Crippen LogP) is 1.49. The summed E-state index contributed by atoms with van der Waals surface area (Å²) < 4.78 is 5.52. The van der Waals surface area contributed by atoms with Gasteiger partial charge in [0.2, 0.25) is 0 Å². The number of nitrogens with zero attached hydrogens (tertiary/aromatic N) is 1. The van der Waals surface area contributed by atoms with Crippen LogP contribution in [-0.4, -0.2) is 51.0 Å². The van der Waals surface area contributed by atoms with Gasteiger partial charge in [-0.05, 0) is 31.7 Å². The molecule has 0 spiro atoms. The molecular formula is C18H29N3O2. The van der Waals surface area contributed by atoms with Gasteiger partial charge < -0.3 is 20.5 Å². The topological polar surface area (TPSA) is 65.9 Å². The average molecular weight is 319 g/mol. The van der Waals surface area contributed by atoms with E-state index < -0.39 is 0 Å². The molecule has 1 heterocycles. The number of ether oxygens (including phenoxy) is 1. The summed E-state index contributed by atoms with van der Waals surface area (Å²) in [6.07, 6.45) is 2.72. The van der Waals surface area contributed by atoms with E-state index in [2.05, 4.69) is 46.8 Å². The first-order chi connectivity index (χ1) is 11.2. The van der Waals surface area contributed by atoms with Crippen molar-refractivity contribution in [2.75, 3.05) is 40.0 Å². The van der Waals surface area contributed by atoms with Gasteiger partial charge in [-0.15, -0.1) is 0 Å². The van der Waals surface area contributed by atoms with Crippen LogP contribution in [0.3, 0.4) is 0 Å². The SMILES string of the molecule is CN=C(NCCc1ccc(C)cc1)NCC1(CCO)CCOC1. The van der Waals surface area contributed by atoms with Gasteiger partial charge in [0.1, 0.15) is 0 Å². The van der Waals surface area contributed by atoms with E-state index in [1.165, 1.54) is 11.1 Å². The molecule has 0 radical (unpaired) electrons. The monoisotopic (exact) mass is 319 g/mol. The molecule has 1 fully saturated rings. The van der Waals surface area contributed by atoms with Gasteiger partial charge in [0, 0.05) is 38.8 Å². The summed E-state index contributed by atoms with van der Waals surface area (Å²) in [5.41, 5.74) is 2.63. The molecule has 5 nitrogen and oxygen atoms in total. The number of rotatable bonds is 7. The minimum Gasteiger partial charge on any atom is -0.396 e. The highest BCUT2D eigenvalue weighted by atomic mass is 16.5. The maximum absolute atomic E-state index is 9.27. The lowest BCUT2D eigenvalue weighted by Crippen LogP contribution is -2.45. The van der Waals surface area contributed by atoms with Gasteiger partial charge >= 0.3 is 0 Å². The summed E-state index contributed by atoms with van der Waals surface area (Å²) in [4.78, 5) is 4.28. The molecule has 2 rings (SSSR count). The number of hydrogen-bond acceptors (Lipinski definition) is 3. The summed E-state index contributed by atoms with van der Waals surface area (Å²) in [7, 11) is 1.78. The van der Waals surface area contributed by atoms with Crippen molar-refractivity contribution >= 4 is 5.96 Å². The van der Waals surface area contributed by atoms with Gasteiger partial charge in [-0.3, -0.25) is 4.99 Å². The van der Waals surface area contributed by atoms with Crippen molar-refractivity contribution in [1.82, 2.24) is 10.6 Å². The third-order valence-corrected chi connectivity index (χ3v) is 4.51. The molecule has 1 unspecified atom stereocenters. The number of aryl methyl sites for hydroxylation is 1. The molecule has 5 heteroatoms. The normalized spacial score (nSPS) is 21.4. The van der Waals surface area contributed by atoms with Gasteiger partial charge in [0.15, 0.2) is 5.96 Å². The first-order valence-corrected chi connectivity index (χ1v) is 8.36. The number of nitrogens with one attached hydrogen (secondary N) is 2. The fourth-order valence-corrected chi connectivity index (χ4v) is 2.88. The van der Waals surface area contributed by atoms with Crippen LogP contribution in [0, 0.1) is 12.3 Å². The summed E-state index contributed by atoms with van der Waals surface area (Å²) in [5, 5.41) is 16.0. The van der Waals surface area contributed by atoms with E-state index in [1.54, 1.807) is 7.05 Å². The van der Waals surface area contributed by atoms with Crippen LogP contribution in [0.5, 0.6) is 0 Å². The summed E-state index contributed by atoms with van der Waals surface area (Å²) in [5.74, 6) is 0.807. The van der Waals surface area contributed by atoms with Gasteiger partial charge in [-0.1, -0.05) is 29.8 Å². The van der Waals surface area contributed by atoms with Crippen molar-refractivity contribution in [3.05, 3.63) is 35.4 Å². The Morgan fingerprint density at radius 2 is 2.09 bits per heavy atom. The third-order valence-electron chi connectivity index (χ3n) is 4.51. The molecule has 23 heavy (non-hydrogen) atoms. The van der Waals surface area contributed by atoms with Crippen LogP contribution < -0.4 is 10.6 Å². The van der Waals surface area contributed by atoms with E-state index in [4.69, 9.17) is 4.74 Å². The number of guanidine groups is 1. The summed E-state index contributed by atoms with van der Waals surface area (Å²) in [6.45, 7) is 5.40. The van der Waals surface area contributed by atoms with Gasteiger partial charge in [-0.2, -0.15) is 0 Å². The molecule has 0 bridgehead atoms. The highest BCUT2D eigenvalue weighted by Crippen LogP contribution is 2.31. The van der Waals surface area contributed by atoms with Crippen LogP contribution >= 0.6 is 0 Å². The maximum atomic E-state index is 9.27. The van der Waals surface area contributed by atoms with E-state index in [0.717, 1.165) is 44.9 Å². The van der Waals surface area contributed by atoms with E-state index in [0.29, 0.717) is 6.61 Å². The second-order valence-corrected chi connectivity index (χ2v) is 6.36. The first-order valence-electron chi connectivity index (χ1n) is 8.36. The molecule has 1 aliphatic heterocycles. The van der Waals surface area contributed by atoms with E-state index >= 15 is 0 Å². The second-order valence-electron chi connectivity index (χ2n) is 6.36. The number of benzene rings is 1. The number of aliphatic imine (C=N–C) groups is 1. The zero-order chi connectivity index (χ0) is 16.5. The molecule has 1 aromatic carbocycles. The molecule has 1 atom stereocenters. The fraction of sp³-hybridized carbons (Fsp3) is 0.611. The second kappa shape index (κ2) is 8.89. The van der Waals surface area contributed by atoms with Crippen LogP contribution in [0.15, 0.2) is 29.3 Å². The lowest BCUT2D eigenvalue weighted by atomic mass is 9.84. The molecule has 0 saturated carbocycles. The molecule has 0 amide bonds. The van der Waals surface area contributed by atoms with Crippen molar-refractivity contribution in [2.45, 2.75) is 26.2 Å². The zero-order valence-corrected chi connectivity index (χ0v) is 14.3. The largest absolute Gasteiger partial charge is 0.396 e. The number of aliphatic hydroxyl groups excluding tert-OH is 1. The molecule has 3 N–H and O–H groups in total. The summed E-state index contributed by atoms with van der Waals surface area (Å²) >= 11 is 0. The average Bonchev–Trinajstić information content (AvgIpc) is 3.02. The molecule has 1 aromatic rings. The van der Waals surface area contributed by atoms with Crippen molar-refractivity contribution < 1.29 is 9.84 Å². The lowest BCUT2D eigenvalue weighted by molar-refractivity contribution is 0.127. The predicted molar refractivity (Wildman–Crippen MR) is 93.8 cm³/mol. The van der Waals surface area contributed by atoms with E-state index in [1.807, 2.05) is 0 Å². The van der Waals surface area contributed by atoms with Crippen LogP contribution in [-0.2, 0) is 11.2 Å². The van der Waals surface area contributed by atoms with Crippen LogP contribution in [0.25, 0.3) is 0 Å². The quantitative estimate of drug-likeness (QED) is 0.526. The molecule has 128 valence electrons. The van der Waals surface area contributed by atoms with Crippen molar-refractivity contribution in [3.63, 3.8) is 0 Å². The molecular weight excluding hydrogens is 290 g/mol. The van der Waals surface area contributed by atoms with E-state index in [-0.39, 0.29) is 12.0 Å². The number of hydrogen-bond donors (Lipinski definition) is 3. The minimum absolute atomic E-state index is 0.0311. The first kappa shape index (κ1) is 17.8. The van der Waals surface area contributed by atoms with Crippen molar-refractivity contribution in [1.29, 1.82) is 0 Å². The van der Waals surface area contributed by atoms with E-state index in [9.17, 15) is 5.11 Å². The molecule has 1 aliphatic rings. The maximum Gasteiger partial charge on any atom is 0.191 e. The zero-order valence-electron chi connectivity index (χ0n) is 14.3. The number of aliphatic hydroxyl groups is 1. The highest BCUT2D eigenvalue weighted by Gasteiger charge is 2.34. The van der Waals surface area contributed by atoms with Crippen LogP contribution in [0.1, 0.15) is 24.0 Å². The Morgan fingerprint density at radius 3 is 2.70 bits per heavy atom. The Labute approximate surface area is 139 Å². The lowest BCUT2D eigenvalue weighted by Gasteiger charge is -2.27. The molecule has 1 saturated heterocycles. The minimum atomic E-state index is 0.0311. The third kappa shape index (κ3) is 5.52. The van der Waals surface area contributed by atoms with Gasteiger partial charge in [0.05, 0.1) is 6.61 Å². The molecule has 0 aromatic heterocycles. The van der Waals surface area contributed by atoms with Crippen LogP contribution in [0.2, 0.25) is 0 Å². The van der Waals surface area contributed by atoms with Gasteiger partial charge in [0.25, 0.3) is 0 Å². The standard InChI is InChI=1S/C18H29N3O2/c1-15-3-5-16(6-4-15)7-10-20-17(19-2)21-13-18(8-11-22)9-12-23-14-18/h3-6,22H,7-14H2,1-2H3,(H2,19,20,21).